The molecule has 1 aromatic heterocycles. The van der Waals surface area contributed by atoms with Crippen LogP contribution in [-0.4, -0.2) is 23.1 Å². The molecule has 0 saturated carbocycles. The molecular formula is C17H23N3. The molecule has 2 aromatic rings. The summed E-state index contributed by atoms with van der Waals surface area (Å²) in [6.45, 7) is 8.42. The van der Waals surface area contributed by atoms with Gasteiger partial charge in [0, 0.05) is 25.7 Å². The van der Waals surface area contributed by atoms with Gasteiger partial charge in [0.05, 0.1) is 0 Å². The lowest BCUT2D eigenvalue weighted by molar-refractivity contribution is 0.826. The van der Waals surface area contributed by atoms with Crippen LogP contribution in [0, 0.1) is 0 Å². The van der Waals surface area contributed by atoms with Crippen molar-refractivity contribution in [2.45, 2.75) is 33.6 Å². The molecule has 0 amide bonds. The molecule has 0 bridgehead atoms. The summed E-state index contributed by atoms with van der Waals surface area (Å²) in [5, 5.41) is 0. The highest BCUT2D eigenvalue weighted by atomic mass is 15.2. The summed E-state index contributed by atoms with van der Waals surface area (Å²) in [5.41, 5.74) is 2.64. The minimum atomic E-state index is 0.795. The van der Waals surface area contributed by atoms with Gasteiger partial charge in [-0.05, 0) is 37.5 Å². The van der Waals surface area contributed by atoms with Crippen molar-refractivity contribution in [2.24, 2.45) is 0 Å². The monoisotopic (exact) mass is 269 g/mol. The van der Waals surface area contributed by atoms with Crippen LogP contribution < -0.4 is 4.90 Å². The Bertz CT molecular complexity index is 547. The van der Waals surface area contributed by atoms with Crippen LogP contribution in [0.1, 0.15) is 37.7 Å². The third kappa shape index (κ3) is 3.56. The van der Waals surface area contributed by atoms with Crippen molar-refractivity contribution in [3.05, 3.63) is 53.5 Å². The fourth-order valence-corrected chi connectivity index (χ4v) is 2.34. The zero-order valence-electron chi connectivity index (χ0n) is 12.6. The summed E-state index contributed by atoms with van der Waals surface area (Å²) in [6, 6.07) is 10.7. The van der Waals surface area contributed by atoms with Gasteiger partial charge >= 0.3 is 0 Å². The molecule has 0 fully saturated rings. The number of anilines is 1. The molecule has 3 nitrogen and oxygen atoms in total. The Morgan fingerprint density at radius 1 is 1.00 bits per heavy atom. The SMILES string of the molecule is CCc1cccc(Cc2nccc(N(CC)CC)n2)c1. The van der Waals surface area contributed by atoms with Crippen LogP contribution in [0.2, 0.25) is 0 Å². The average Bonchev–Trinajstić information content (AvgIpc) is 2.49. The molecule has 0 unspecified atom stereocenters. The molecule has 20 heavy (non-hydrogen) atoms. The van der Waals surface area contributed by atoms with E-state index in [0.29, 0.717) is 0 Å². The first kappa shape index (κ1) is 14.5. The maximum Gasteiger partial charge on any atom is 0.135 e. The Morgan fingerprint density at radius 3 is 2.45 bits per heavy atom. The van der Waals surface area contributed by atoms with Crippen molar-refractivity contribution >= 4 is 5.82 Å². The molecule has 0 aliphatic heterocycles. The van der Waals surface area contributed by atoms with E-state index in [4.69, 9.17) is 0 Å². The lowest BCUT2D eigenvalue weighted by Crippen LogP contribution is -2.23. The average molecular weight is 269 g/mol. The normalized spacial score (nSPS) is 10.6. The van der Waals surface area contributed by atoms with Crippen molar-refractivity contribution in [3.63, 3.8) is 0 Å². The van der Waals surface area contributed by atoms with Gasteiger partial charge in [0.2, 0.25) is 0 Å². The van der Waals surface area contributed by atoms with E-state index in [-0.39, 0.29) is 0 Å². The summed E-state index contributed by atoms with van der Waals surface area (Å²) in [7, 11) is 0. The third-order valence-electron chi connectivity index (χ3n) is 3.54. The molecule has 1 heterocycles. The van der Waals surface area contributed by atoms with E-state index in [9.17, 15) is 0 Å². The van der Waals surface area contributed by atoms with Crippen molar-refractivity contribution in [3.8, 4) is 0 Å². The molecule has 0 atom stereocenters. The summed E-state index contributed by atoms with van der Waals surface area (Å²) < 4.78 is 0. The van der Waals surface area contributed by atoms with E-state index in [1.165, 1.54) is 11.1 Å². The number of aryl methyl sites for hydroxylation is 1. The molecule has 0 N–H and O–H groups in total. The zero-order chi connectivity index (χ0) is 14.4. The Labute approximate surface area is 121 Å². The molecule has 0 saturated heterocycles. The Kier molecular flexibility index (Phi) is 5.10. The van der Waals surface area contributed by atoms with Crippen LogP contribution in [0.15, 0.2) is 36.5 Å². The number of hydrogen-bond donors (Lipinski definition) is 0. The van der Waals surface area contributed by atoms with Gasteiger partial charge in [0.15, 0.2) is 0 Å². The first-order valence-corrected chi connectivity index (χ1v) is 7.41. The second-order valence-corrected chi connectivity index (χ2v) is 4.85. The van der Waals surface area contributed by atoms with E-state index < -0.39 is 0 Å². The van der Waals surface area contributed by atoms with Crippen molar-refractivity contribution < 1.29 is 0 Å². The number of benzene rings is 1. The highest BCUT2D eigenvalue weighted by molar-refractivity contribution is 5.37. The van der Waals surface area contributed by atoms with Gasteiger partial charge in [-0.25, -0.2) is 9.97 Å². The first-order chi connectivity index (χ1) is 9.76. The smallest absolute Gasteiger partial charge is 0.135 e. The molecule has 0 aliphatic carbocycles. The fraction of sp³-hybridized carbons (Fsp3) is 0.412. The van der Waals surface area contributed by atoms with Crippen LogP contribution in [0.25, 0.3) is 0 Å². The van der Waals surface area contributed by atoms with E-state index in [0.717, 1.165) is 37.6 Å². The molecule has 0 aliphatic rings. The predicted molar refractivity (Wildman–Crippen MR) is 84.2 cm³/mol. The molecule has 3 heteroatoms. The number of rotatable bonds is 6. The van der Waals surface area contributed by atoms with Crippen LogP contribution >= 0.6 is 0 Å². The van der Waals surface area contributed by atoms with Gasteiger partial charge < -0.3 is 4.90 Å². The van der Waals surface area contributed by atoms with Crippen molar-refractivity contribution in [1.82, 2.24) is 9.97 Å². The number of aromatic nitrogens is 2. The van der Waals surface area contributed by atoms with Gasteiger partial charge in [0.1, 0.15) is 11.6 Å². The Morgan fingerprint density at radius 2 is 1.75 bits per heavy atom. The summed E-state index contributed by atoms with van der Waals surface area (Å²) >= 11 is 0. The molecule has 106 valence electrons. The number of nitrogens with zero attached hydrogens (tertiary/aromatic N) is 3. The van der Waals surface area contributed by atoms with E-state index >= 15 is 0 Å². The van der Waals surface area contributed by atoms with Crippen LogP contribution in [0.3, 0.4) is 0 Å². The second-order valence-electron chi connectivity index (χ2n) is 4.85. The maximum absolute atomic E-state index is 4.68. The molecule has 1 aromatic carbocycles. The second kappa shape index (κ2) is 7.04. The van der Waals surface area contributed by atoms with Crippen LogP contribution in [-0.2, 0) is 12.8 Å². The summed E-state index contributed by atoms with van der Waals surface area (Å²) in [5.74, 6) is 1.91. The van der Waals surface area contributed by atoms with Crippen molar-refractivity contribution in [1.29, 1.82) is 0 Å². The Hall–Kier alpha value is -1.90. The highest BCUT2D eigenvalue weighted by Gasteiger charge is 2.06. The highest BCUT2D eigenvalue weighted by Crippen LogP contribution is 2.13. The third-order valence-corrected chi connectivity index (χ3v) is 3.54. The summed E-state index contributed by atoms with van der Waals surface area (Å²) in [6.07, 6.45) is 3.72. The molecule has 0 spiro atoms. The molecule has 2 rings (SSSR count). The van der Waals surface area contributed by atoms with E-state index in [1.807, 2.05) is 12.3 Å². The zero-order valence-corrected chi connectivity index (χ0v) is 12.6. The topological polar surface area (TPSA) is 29.0 Å². The van der Waals surface area contributed by atoms with Gasteiger partial charge in [-0.15, -0.1) is 0 Å². The fourth-order valence-electron chi connectivity index (χ4n) is 2.34. The molecular weight excluding hydrogens is 246 g/mol. The van der Waals surface area contributed by atoms with E-state index in [1.54, 1.807) is 0 Å². The van der Waals surface area contributed by atoms with Crippen LogP contribution in [0.4, 0.5) is 5.82 Å². The lowest BCUT2D eigenvalue weighted by atomic mass is 10.1. The predicted octanol–water partition coefficient (Wildman–Crippen LogP) is 3.48. The first-order valence-electron chi connectivity index (χ1n) is 7.41. The summed E-state index contributed by atoms with van der Waals surface area (Å²) in [4.78, 5) is 11.3. The molecule has 0 radical (unpaired) electrons. The van der Waals surface area contributed by atoms with E-state index in [2.05, 4.69) is 59.9 Å². The van der Waals surface area contributed by atoms with Crippen molar-refractivity contribution in [2.75, 3.05) is 18.0 Å². The van der Waals surface area contributed by atoms with Gasteiger partial charge in [-0.3, -0.25) is 0 Å². The largest absolute Gasteiger partial charge is 0.357 e. The maximum atomic E-state index is 4.68. The van der Waals surface area contributed by atoms with Crippen LogP contribution in [0.5, 0.6) is 0 Å². The van der Waals surface area contributed by atoms with Gasteiger partial charge in [-0.2, -0.15) is 0 Å². The Balaban J connectivity index is 2.18. The minimum Gasteiger partial charge on any atom is -0.357 e. The minimum absolute atomic E-state index is 0.795. The van der Waals surface area contributed by atoms with Gasteiger partial charge in [0.25, 0.3) is 0 Å². The number of hydrogen-bond acceptors (Lipinski definition) is 3. The van der Waals surface area contributed by atoms with Gasteiger partial charge in [-0.1, -0.05) is 31.2 Å². The standard InChI is InChI=1S/C17H23N3/c1-4-14-8-7-9-15(12-14)13-16-18-11-10-17(19-16)20(5-2)6-3/h7-12H,4-6,13H2,1-3H3. The quantitative estimate of drug-likeness (QED) is 0.804. The lowest BCUT2D eigenvalue weighted by Gasteiger charge is -2.19.